The van der Waals surface area contributed by atoms with Crippen LogP contribution in [0.25, 0.3) is 0 Å². The van der Waals surface area contributed by atoms with E-state index < -0.39 is 20.2 Å². The van der Waals surface area contributed by atoms with E-state index in [1.165, 1.54) is 0 Å². The second kappa shape index (κ2) is 8.61. The standard InChI is InChI=1S/C14H22O6S2/c1-21(15,16)19-11-5-9-13-7-3-4-8-14(13)10-6-12-20-22(2,17)18/h3-4,7-8H,5-6,9-12H2,1-2H3. The van der Waals surface area contributed by atoms with E-state index in [4.69, 9.17) is 8.37 Å². The lowest BCUT2D eigenvalue weighted by atomic mass is 9.99. The van der Waals surface area contributed by atoms with Gasteiger partial charge in [-0.2, -0.15) is 16.8 Å². The van der Waals surface area contributed by atoms with Gasteiger partial charge in [-0.05, 0) is 36.8 Å². The molecule has 0 heterocycles. The van der Waals surface area contributed by atoms with Crippen LogP contribution < -0.4 is 0 Å². The number of hydrogen-bond donors (Lipinski definition) is 0. The summed E-state index contributed by atoms with van der Waals surface area (Å²) in [4.78, 5) is 0. The molecule has 0 N–H and O–H groups in total. The zero-order valence-electron chi connectivity index (χ0n) is 12.8. The molecule has 0 saturated carbocycles. The highest BCUT2D eigenvalue weighted by molar-refractivity contribution is 7.86. The van der Waals surface area contributed by atoms with Crippen LogP contribution in [-0.2, 0) is 41.4 Å². The van der Waals surface area contributed by atoms with E-state index in [-0.39, 0.29) is 13.2 Å². The van der Waals surface area contributed by atoms with Gasteiger partial charge >= 0.3 is 0 Å². The van der Waals surface area contributed by atoms with Crippen molar-refractivity contribution in [3.63, 3.8) is 0 Å². The second-order valence-electron chi connectivity index (χ2n) is 5.03. The Balaban J connectivity index is 2.44. The molecule has 0 fully saturated rings. The SMILES string of the molecule is CS(=O)(=O)OCCCc1ccccc1CCCOS(C)(=O)=O. The number of rotatable bonds is 10. The number of hydrogen-bond acceptors (Lipinski definition) is 6. The molecule has 1 aromatic carbocycles. The summed E-state index contributed by atoms with van der Waals surface area (Å²) in [6.07, 6.45) is 4.68. The van der Waals surface area contributed by atoms with E-state index in [1.54, 1.807) is 0 Å². The topological polar surface area (TPSA) is 86.7 Å². The normalized spacial score (nSPS) is 12.5. The highest BCUT2D eigenvalue weighted by atomic mass is 32.2. The summed E-state index contributed by atoms with van der Waals surface area (Å²) < 4.78 is 52.9. The molecule has 0 aromatic heterocycles. The van der Waals surface area contributed by atoms with Gasteiger partial charge in [0.05, 0.1) is 25.7 Å². The van der Waals surface area contributed by atoms with Crippen LogP contribution in [0.3, 0.4) is 0 Å². The fourth-order valence-corrected chi connectivity index (χ4v) is 2.83. The van der Waals surface area contributed by atoms with Crippen molar-refractivity contribution in [1.82, 2.24) is 0 Å². The molecule has 8 heteroatoms. The van der Waals surface area contributed by atoms with Crippen LogP contribution in [0.2, 0.25) is 0 Å². The Labute approximate surface area is 132 Å². The van der Waals surface area contributed by atoms with Crippen molar-refractivity contribution in [3.8, 4) is 0 Å². The third kappa shape index (κ3) is 9.14. The Bertz CT molecular complexity index is 605. The maximum Gasteiger partial charge on any atom is 0.264 e. The summed E-state index contributed by atoms with van der Waals surface area (Å²) in [5.41, 5.74) is 2.22. The van der Waals surface area contributed by atoms with Crippen LogP contribution >= 0.6 is 0 Å². The molecule has 22 heavy (non-hydrogen) atoms. The van der Waals surface area contributed by atoms with Gasteiger partial charge in [0.25, 0.3) is 20.2 Å². The van der Waals surface area contributed by atoms with E-state index in [9.17, 15) is 16.8 Å². The molecule has 0 aliphatic carbocycles. The molecule has 0 aliphatic rings. The lowest BCUT2D eigenvalue weighted by Gasteiger charge is -2.09. The van der Waals surface area contributed by atoms with E-state index in [0.717, 1.165) is 23.6 Å². The average molecular weight is 350 g/mol. The first-order valence-electron chi connectivity index (χ1n) is 6.93. The van der Waals surface area contributed by atoms with E-state index >= 15 is 0 Å². The van der Waals surface area contributed by atoms with Gasteiger partial charge < -0.3 is 0 Å². The van der Waals surface area contributed by atoms with Crippen molar-refractivity contribution >= 4 is 20.2 Å². The number of benzene rings is 1. The van der Waals surface area contributed by atoms with Gasteiger partial charge in [-0.3, -0.25) is 8.37 Å². The molecule has 0 radical (unpaired) electrons. The Kier molecular flexibility index (Phi) is 7.47. The summed E-state index contributed by atoms with van der Waals surface area (Å²) in [5, 5.41) is 0. The maximum absolute atomic E-state index is 10.9. The summed E-state index contributed by atoms with van der Waals surface area (Å²) in [6.45, 7) is 0.314. The quantitative estimate of drug-likeness (QED) is 0.469. The van der Waals surface area contributed by atoms with Crippen molar-refractivity contribution in [3.05, 3.63) is 35.4 Å². The molecular formula is C14H22O6S2. The minimum atomic E-state index is -3.39. The van der Waals surface area contributed by atoms with Crippen molar-refractivity contribution < 1.29 is 25.2 Å². The third-order valence-corrected chi connectivity index (χ3v) is 4.08. The predicted octanol–water partition coefficient (Wildman–Crippen LogP) is 1.50. The second-order valence-corrected chi connectivity index (χ2v) is 8.32. The highest BCUT2D eigenvalue weighted by Crippen LogP contribution is 2.14. The van der Waals surface area contributed by atoms with Crippen molar-refractivity contribution in [1.29, 1.82) is 0 Å². The zero-order chi connectivity index (χ0) is 16.6. The summed E-state index contributed by atoms with van der Waals surface area (Å²) in [5.74, 6) is 0. The van der Waals surface area contributed by atoms with Crippen LogP contribution in [0, 0.1) is 0 Å². The van der Waals surface area contributed by atoms with Gasteiger partial charge in [-0.25, -0.2) is 0 Å². The molecule has 0 atom stereocenters. The van der Waals surface area contributed by atoms with Crippen LogP contribution in [0.15, 0.2) is 24.3 Å². The van der Waals surface area contributed by atoms with Crippen molar-refractivity contribution in [2.75, 3.05) is 25.7 Å². The predicted molar refractivity (Wildman–Crippen MR) is 84.7 cm³/mol. The Morgan fingerprint density at radius 1 is 0.773 bits per heavy atom. The van der Waals surface area contributed by atoms with Gasteiger partial charge in [0.2, 0.25) is 0 Å². The van der Waals surface area contributed by atoms with Crippen molar-refractivity contribution in [2.45, 2.75) is 25.7 Å². The van der Waals surface area contributed by atoms with Gasteiger partial charge in [-0.1, -0.05) is 24.3 Å². The molecule has 0 spiro atoms. The molecule has 1 rings (SSSR count). The molecule has 0 bridgehead atoms. The molecule has 1 aromatic rings. The molecule has 0 aliphatic heterocycles. The summed E-state index contributed by atoms with van der Waals surface area (Å²) in [6, 6.07) is 7.80. The minimum absolute atomic E-state index is 0.157. The lowest BCUT2D eigenvalue weighted by Crippen LogP contribution is -2.07. The fourth-order valence-electron chi connectivity index (χ4n) is 1.99. The largest absolute Gasteiger partial charge is 0.270 e. The van der Waals surface area contributed by atoms with Crippen LogP contribution in [0.5, 0.6) is 0 Å². The van der Waals surface area contributed by atoms with Gasteiger partial charge in [0, 0.05) is 0 Å². The molecule has 0 amide bonds. The van der Waals surface area contributed by atoms with Gasteiger partial charge in [0.15, 0.2) is 0 Å². The first kappa shape index (κ1) is 19.1. The number of aryl methyl sites for hydroxylation is 2. The van der Waals surface area contributed by atoms with E-state index in [0.29, 0.717) is 25.7 Å². The summed E-state index contributed by atoms with van der Waals surface area (Å²) in [7, 11) is -6.79. The Hall–Kier alpha value is -0.960. The minimum Gasteiger partial charge on any atom is -0.270 e. The fraction of sp³-hybridized carbons (Fsp3) is 0.571. The molecule has 0 saturated heterocycles. The van der Waals surface area contributed by atoms with Crippen LogP contribution in [-0.4, -0.2) is 42.6 Å². The highest BCUT2D eigenvalue weighted by Gasteiger charge is 2.06. The first-order chi connectivity index (χ1) is 10.2. The van der Waals surface area contributed by atoms with Crippen LogP contribution in [0.1, 0.15) is 24.0 Å². The molecular weight excluding hydrogens is 328 g/mol. The van der Waals surface area contributed by atoms with Gasteiger partial charge in [0.1, 0.15) is 0 Å². The van der Waals surface area contributed by atoms with Crippen molar-refractivity contribution in [2.24, 2.45) is 0 Å². The monoisotopic (exact) mass is 350 g/mol. The smallest absolute Gasteiger partial charge is 0.264 e. The Morgan fingerprint density at radius 3 is 1.45 bits per heavy atom. The lowest BCUT2D eigenvalue weighted by molar-refractivity contribution is 0.313. The van der Waals surface area contributed by atoms with E-state index in [1.807, 2.05) is 24.3 Å². The third-order valence-electron chi connectivity index (χ3n) is 2.89. The first-order valence-corrected chi connectivity index (χ1v) is 10.6. The maximum atomic E-state index is 10.9. The average Bonchev–Trinajstić information content (AvgIpc) is 2.39. The van der Waals surface area contributed by atoms with Gasteiger partial charge in [-0.15, -0.1) is 0 Å². The Morgan fingerprint density at radius 2 is 1.14 bits per heavy atom. The molecule has 6 nitrogen and oxygen atoms in total. The van der Waals surface area contributed by atoms with E-state index in [2.05, 4.69) is 0 Å². The molecule has 0 unspecified atom stereocenters. The summed E-state index contributed by atoms with van der Waals surface area (Å²) >= 11 is 0. The zero-order valence-corrected chi connectivity index (χ0v) is 14.5. The van der Waals surface area contributed by atoms with Crippen LogP contribution in [0.4, 0.5) is 0 Å². The molecule has 126 valence electrons.